The zero-order chi connectivity index (χ0) is 18.7. The minimum atomic E-state index is 0. The SMILES string of the molecule is CCNC(=NCC(c1ccco1)N1CCCCC1)NCCc1cccnc1.I. The molecular weight excluding hydrogens is 465 g/mol. The molecule has 0 aromatic carbocycles. The molecule has 0 amide bonds. The number of rotatable bonds is 8. The molecule has 0 bridgehead atoms. The molecule has 1 saturated heterocycles. The molecule has 28 heavy (non-hydrogen) atoms. The van der Waals surface area contributed by atoms with Gasteiger partial charge in [-0.25, -0.2) is 0 Å². The van der Waals surface area contributed by atoms with Crippen molar-refractivity contribution in [1.29, 1.82) is 0 Å². The summed E-state index contributed by atoms with van der Waals surface area (Å²) < 4.78 is 5.72. The molecule has 6 nitrogen and oxygen atoms in total. The number of aliphatic imine (C=N–C) groups is 1. The highest BCUT2D eigenvalue weighted by Gasteiger charge is 2.24. The Morgan fingerprint density at radius 2 is 2.07 bits per heavy atom. The molecule has 7 heteroatoms. The number of hydrogen-bond donors (Lipinski definition) is 2. The van der Waals surface area contributed by atoms with Gasteiger partial charge in [-0.15, -0.1) is 24.0 Å². The lowest BCUT2D eigenvalue weighted by Crippen LogP contribution is -2.40. The van der Waals surface area contributed by atoms with Crippen molar-refractivity contribution in [3.8, 4) is 0 Å². The average molecular weight is 497 g/mol. The van der Waals surface area contributed by atoms with E-state index in [0.717, 1.165) is 44.3 Å². The van der Waals surface area contributed by atoms with E-state index in [1.165, 1.54) is 24.8 Å². The van der Waals surface area contributed by atoms with E-state index in [1.54, 1.807) is 12.5 Å². The summed E-state index contributed by atoms with van der Waals surface area (Å²) in [6.07, 6.45) is 10.2. The van der Waals surface area contributed by atoms with Crippen molar-refractivity contribution in [2.75, 3.05) is 32.7 Å². The van der Waals surface area contributed by atoms with Crippen LogP contribution in [-0.4, -0.2) is 48.6 Å². The molecule has 1 aliphatic heterocycles. The van der Waals surface area contributed by atoms with Crippen molar-refractivity contribution in [3.05, 3.63) is 54.2 Å². The van der Waals surface area contributed by atoms with E-state index >= 15 is 0 Å². The highest BCUT2D eigenvalue weighted by molar-refractivity contribution is 14.0. The van der Waals surface area contributed by atoms with Crippen LogP contribution >= 0.6 is 24.0 Å². The van der Waals surface area contributed by atoms with Gasteiger partial charge in [0.15, 0.2) is 5.96 Å². The number of nitrogens with zero attached hydrogens (tertiary/aromatic N) is 3. The summed E-state index contributed by atoms with van der Waals surface area (Å²) in [6.45, 7) is 6.68. The van der Waals surface area contributed by atoms with E-state index in [1.807, 2.05) is 18.3 Å². The molecule has 2 aromatic rings. The third kappa shape index (κ3) is 7.09. The first-order chi connectivity index (χ1) is 13.4. The van der Waals surface area contributed by atoms with E-state index in [0.29, 0.717) is 6.54 Å². The molecule has 2 aromatic heterocycles. The lowest BCUT2D eigenvalue weighted by Gasteiger charge is -2.32. The predicted octanol–water partition coefficient (Wildman–Crippen LogP) is 3.62. The number of pyridine rings is 1. The highest BCUT2D eigenvalue weighted by atomic mass is 127. The van der Waals surface area contributed by atoms with Gasteiger partial charge in [0.2, 0.25) is 0 Å². The molecule has 1 unspecified atom stereocenters. The standard InChI is InChI=1S/C21H31N5O.HI/c1-2-23-21(24-12-10-18-8-6-11-22-16-18)25-17-19(20-9-7-15-27-20)26-13-4-3-5-14-26;/h6-9,11,15-16,19H,2-5,10,12-14,17H2,1H3,(H2,23,24,25);1H. The Morgan fingerprint density at radius 3 is 2.75 bits per heavy atom. The molecule has 1 aliphatic rings. The number of hydrogen-bond acceptors (Lipinski definition) is 4. The first-order valence-corrected chi connectivity index (χ1v) is 10.1. The Morgan fingerprint density at radius 1 is 1.21 bits per heavy atom. The second kappa shape index (κ2) is 12.8. The third-order valence-corrected chi connectivity index (χ3v) is 4.90. The van der Waals surface area contributed by atoms with Crippen LogP contribution < -0.4 is 10.6 Å². The van der Waals surface area contributed by atoms with Gasteiger partial charge in [-0.05, 0) is 63.0 Å². The van der Waals surface area contributed by atoms with Crippen molar-refractivity contribution >= 4 is 29.9 Å². The molecule has 0 spiro atoms. The first kappa shape index (κ1) is 22.7. The number of likely N-dealkylation sites (tertiary alicyclic amines) is 1. The van der Waals surface area contributed by atoms with E-state index in [2.05, 4.69) is 39.6 Å². The van der Waals surface area contributed by atoms with Gasteiger partial charge in [-0.3, -0.25) is 14.9 Å². The Bertz CT molecular complexity index is 671. The smallest absolute Gasteiger partial charge is 0.191 e. The molecular formula is C21H32IN5O. The zero-order valence-corrected chi connectivity index (χ0v) is 19.0. The Balaban J connectivity index is 0.00000280. The molecule has 3 heterocycles. The second-order valence-corrected chi connectivity index (χ2v) is 6.89. The fraction of sp³-hybridized carbons (Fsp3) is 0.524. The summed E-state index contributed by atoms with van der Waals surface area (Å²) in [5, 5.41) is 6.78. The number of aromatic nitrogens is 1. The van der Waals surface area contributed by atoms with Crippen LogP contribution in [0.25, 0.3) is 0 Å². The number of guanidine groups is 1. The monoisotopic (exact) mass is 497 g/mol. The number of halogens is 1. The van der Waals surface area contributed by atoms with E-state index in [9.17, 15) is 0 Å². The lowest BCUT2D eigenvalue weighted by molar-refractivity contribution is 0.150. The van der Waals surface area contributed by atoms with Crippen LogP contribution in [0.2, 0.25) is 0 Å². The van der Waals surface area contributed by atoms with Gasteiger partial charge in [0.05, 0.1) is 18.8 Å². The normalized spacial score (nSPS) is 16.2. The van der Waals surface area contributed by atoms with Crippen LogP contribution in [0.3, 0.4) is 0 Å². The summed E-state index contributed by atoms with van der Waals surface area (Å²) in [4.78, 5) is 11.5. The molecule has 1 fully saturated rings. The summed E-state index contributed by atoms with van der Waals surface area (Å²) in [5.41, 5.74) is 1.22. The molecule has 0 radical (unpaired) electrons. The van der Waals surface area contributed by atoms with Gasteiger partial charge in [0.1, 0.15) is 5.76 Å². The molecule has 2 N–H and O–H groups in total. The van der Waals surface area contributed by atoms with Gasteiger partial charge in [-0.2, -0.15) is 0 Å². The van der Waals surface area contributed by atoms with E-state index in [-0.39, 0.29) is 30.0 Å². The Kier molecular flexibility index (Phi) is 10.3. The highest BCUT2D eigenvalue weighted by Crippen LogP contribution is 2.25. The second-order valence-electron chi connectivity index (χ2n) is 6.89. The van der Waals surface area contributed by atoms with Crippen molar-refractivity contribution in [1.82, 2.24) is 20.5 Å². The van der Waals surface area contributed by atoms with Gasteiger partial charge < -0.3 is 15.1 Å². The summed E-state index contributed by atoms with van der Waals surface area (Å²) in [7, 11) is 0. The minimum absolute atomic E-state index is 0. The molecule has 3 rings (SSSR count). The summed E-state index contributed by atoms with van der Waals surface area (Å²) in [5.74, 6) is 1.86. The van der Waals surface area contributed by atoms with Crippen molar-refractivity contribution in [2.45, 2.75) is 38.6 Å². The number of piperidine rings is 1. The quantitative estimate of drug-likeness (QED) is 0.332. The maximum Gasteiger partial charge on any atom is 0.191 e. The van der Waals surface area contributed by atoms with Crippen molar-refractivity contribution < 1.29 is 4.42 Å². The Labute approximate surface area is 185 Å². The van der Waals surface area contributed by atoms with Crippen LogP contribution in [0.5, 0.6) is 0 Å². The van der Waals surface area contributed by atoms with Gasteiger partial charge in [0, 0.05) is 25.5 Å². The maximum absolute atomic E-state index is 5.72. The molecule has 1 atom stereocenters. The first-order valence-electron chi connectivity index (χ1n) is 10.1. The maximum atomic E-state index is 5.72. The average Bonchev–Trinajstić information content (AvgIpc) is 3.24. The number of furan rings is 1. The molecule has 154 valence electrons. The predicted molar refractivity (Wildman–Crippen MR) is 124 cm³/mol. The fourth-order valence-electron chi connectivity index (χ4n) is 3.49. The van der Waals surface area contributed by atoms with Gasteiger partial charge in [-0.1, -0.05) is 12.5 Å². The van der Waals surface area contributed by atoms with Crippen LogP contribution in [0.15, 0.2) is 52.3 Å². The van der Waals surface area contributed by atoms with Crippen LogP contribution in [0, 0.1) is 0 Å². The Hall–Kier alpha value is -1.61. The van der Waals surface area contributed by atoms with Crippen LogP contribution in [-0.2, 0) is 6.42 Å². The van der Waals surface area contributed by atoms with E-state index in [4.69, 9.17) is 9.41 Å². The number of nitrogens with one attached hydrogen (secondary N) is 2. The molecule has 0 saturated carbocycles. The van der Waals surface area contributed by atoms with Crippen LogP contribution in [0.4, 0.5) is 0 Å². The largest absolute Gasteiger partial charge is 0.468 e. The third-order valence-electron chi connectivity index (χ3n) is 4.90. The lowest BCUT2D eigenvalue weighted by atomic mass is 10.1. The van der Waals surface area contributed by atoms with Gasteiger partial charge >= 0.3 is 0 Å². The van der Waals surface area contributed by atoms with Crippen molar-refractivity contribution in [3.63, 3.8) is 0 Å². The zero-order valence-electron chi connectivity index (χ0n) is 16.6. The minimum Gasteiger partial charge on any atom is -0.468 e. The fourth-order valence-corrected chi connectivity index (χ4v) is 3.49. The van der Waals surface area contributed by atoms with Crippen molar-refractivity contribution in [2.24, 2.45) is 4.99 Å². The summed E-state index contributed by atoms with van der Waals surface area (Å²) >= 11 is 0. The van der Waals surface area contributed by atoms with E-state index < -0.39 is 0 Å². The molecule has 0 aliphatic carbocycles. The topological polar surface area (TPSA) is 65.7 Å². The van der Waals surface area contributed by atoms with Gasteiger partial charge in [0.25, 0.3) is 0 Å². The summed E-state index contributed by atoms with van der Waals surface area (Å²) in [6, 6.07) is 8.31. The van der Waals surface area contributed by atoms with Crippen LogP contribution in [0.1, 0.15) is 43.6 Å².